The molecule has 3 heterocycles. The van der Waals surface area contributed by atoms with Crippen LogP contribution in [0.5, 0.6) is 0 Å². The first-order valence-corrected chi connectivity index (χ1v) is 12.1. The minimum Gasteiger partial charge on any atom is -0.457 e. The summed E-state index contributed by atoms with van der Waals surface area (Å²) in [6, 6.07) is 18.2. The molecule has 0 atom stereocenters. The van der Waals surface area contributed by atoms with Crippen LogP contribution in [0, 0.1) is 13.8 Å². The van der Waals surface area contributed by atoms with E-state index in [2.05, 4.69) is 46.0 Å². The van der Waals surface area contributed by atoms with Crippen molar-refractivity contribution < 1.29 is 9.21 Å². The number of hydrogen-bond acceptors (Lipinski definition) is 5. The van der Waals surface area contributed by atoms with Gasteiger partial charge in [-0.1, -0.05) is 47.5 Å². The van der Waals surface area contributed by atoms with E-state index >= 15 is 0 Å². The fourth-order valence-electron chi connectivity index (χ4n) is 3.90. The number of nitrogens with zero attached hydrogens (tertiary/aromatic N) is 3. The van der Waals surface area contributed by atoms with Crippen LogP contribution < -0.4 is 4.90 Å². The summed E-state index contributed by atoms with van der Waals surface area (Å²) in [4.78, 5) is 21.9. The van der Waals surface area contributed by atoms with Crippen LogP contribution >= 0.6 is 23.4 Å². The lowest BCUT2D eigenvalue weighted by Crippen LogP contribution is -2.47. The van der Waals surface area contributed by atoms with Crippen LogP contribution in [0.25, 0.3) is 17.4 Å². The second-order valence-corrected chi connectivity index (χ2v) is 9.70. The zero-order valence-corrected chi connectivity index (χ0v) is 20.1. The summed E-state index contributed by atoms with van der Waals surface area (Å²) in [5.74, 6) is 1.22. The summed E-state index contributed by atoms with van der Waals surface area (Å²) < 4.78 is 5.96. The van der Waals surface area contributed by atoms with Crippen molar-refractivity contribution in [3.05, 3.63) is 81.4 Å². The average molecular weight is 478 g/mol. The number of rotatable bonds is 3. The SMILES string of the molecule is Cc1ccc(-c2ccc(/C=C3/SC(N4CCN(c5ccc(C)c(Cl)c5)CC4)=NC3=O)o2)cc1. The van der Waals surface area contributed by atoms with Gasteiger partial charge >= 0.3 is 0 Å². The number of hydrogen-bond donors (Lipinski definition) is 0. The molecule has 0 bridgehead atoms. The Bertz CT molecular complexity index is 1250. The van der Waals surface area contributed by atoms with Crippen LogP contribution in [0.1, 0.15) is 16.9 Å². The minimum absolute atomic E-state index is 0.212. The first-order chi connectivity index (χ1) is 16.0. The number of carbonyl (C=O) groups is 1. The quantitative estimate of drug-likeness (QED) is 0.432. The molecule has 2 aromatic carbocycles. The number of benzene rings is 2. The van der Waals surface area contributed by atoms with E-state index in [1.165, 1.54) is 17.3 Å². The molecule has 1 saturated heterocycles. The molecule has 1 fully saturated rings. The predicted molar refractivity (Wildman–Crippen MR) is 137 cm³/mol. The Morgan fingerprint density at radius 1 is 0.970 bits per heavy atom. The Kier molecular flexibility index (Phi) is 6.04. The van der Waals surface area contributed by atoms with Crippen molar-refractivity contribution in [2.45, 2.75) is 13.8 Å². The van der Waals surface area contributed by atoms with Crippen molar-refractivity contribution in [3.8, 4) is 11.3 Å². The van der Waals surface area contributed by atoms with Crippen LogP contribution in [0.4, 0.5) is 5.69 Å². The average Bonchev–Trinajstić information content (AvgIpc) is 3.43. The van der Waals surface area contributed by atoms with Crippen molar-refractivity contribution >= 4 is 46.2 Å². The third-order valence-electron chi connectivity index (χ3n) is 5.92. The maximum atomic E-state index is 12.5. The van der Waals surface area contributed by atoms with E-state index in [-0.39, 0.29) is 5.91 Å². The van der Waals surface area contributed by atoms with E-state index in [1.807, 2.05) is 37.3 Å². The lowest BCUT2D eigenvalue weighted by atomic mass is 10.1. The molecule has 5 rings (SSSR count). The first-order valence-electron chi connectivity index (χ1n) is 10.9. The fraction of sp³-hybridized carbons (Fsp3) is 0.231. The molecular weight excluding hydrogens is 454 g/mol. The zero-order valence-electron chi connectivity index (χ0n) is 18.5. The summed E-state index contributed by atoms with van der Waals surface area (Å²) in [6.45, 7) is 7.37. The van der Waals surface area contributed by atoms with Gasteiger partial charge in [0, 0.05) is 48.5 Å². The van der Waals surface area contributed by atoms with Crippen LogP contribution in [0.3, 0.4) is 0 Å². The smallest absolute Gasteiger partial charge is 0.286 e. The van der Waals surface area contributed by atoms with Crippen molar-refractivity contribution in [3.63, 3.8) is 0 Å². The summed E-state index contributed by atoms with van der Waals surface area (Å²) in [6.07, 6.45) is 1.78. The van der Waals surface area contributed by atoms with Gasteiger partial charge in [-0.25, -0.2) is 0 Å². The van der Waals surface area contributed by atoms with E-state index < -0.39 is 0 Å². The molecule has 0 N–H and O–H groups in total. The minimum atomic E-state index is -0.212. The molecule has 7 heteroatoms. The number of amides is 1. The van der Waals surface area contributed by atoms with E-state index in [9.17, 15) is 4.79 Å². The molecule has 5 nitrogen and oxygen atoms in total. The molecule has 0 unspecified atom stereocenters. The Morgan fingerprint density at radius 2 is 1.70 bits per heavy atom. The Morgan fingerprint density at radius 3 is 2.42 bits per heavy atom. The predicted octanol–water partition coefficient (Wildman–Crippen LogP) is 6.01. The third kappa shape index (κ3) is 4.72. The molecule has 2 aliphatic rings. The second kappa shape index (κ2) is 9.12. The van der Waals surface area contributed by atoms with Gasteiger partial charge in [0.1, 0.15) is 11.5 Å². The number of halogens is 1. The lowest BCUT2D eigenvalue weighted by Gasteiger charge is -2.36. The Hall–Kier alpha value is -2.96. The largest absolute Gasteiger partial charge is 0.457 e. The van der Waals surface area contributed by atoms with Crippen LogP contribution in [-0.4, -0.2) is 42.2 Å². The standard InChI is InChI=1S/C26H24ClN3O2S/c1-17-3-6-19(7-4-17)23-10-9-21(32-23)16-24-25(31)28-26(33-24)30-13-11-29(12-14-30)20-8-5-18(2)22(27)15-20/h3-10,15-16H,11-14H2,1-2H3/b24-16+. The third-order valence-corrected chi connectivity index (χ3v) is 7.37. The van der Waals surface area contributed by atoms with Crippen molar-refractivity contribution in [1.29, 1.82) is 0 Å². The van der Waals surface area contributed by atoms with Gasteiger partial charge in [-0.2, -0.15) is 4.99 Å². The number of aliphatic imine (C=N–C) groups is 1. The Labute approximate surface area is 202 Å². The van der Waals surface area contributed by atoms with E-state index in [4.69, 9.17) is 16.0 Å². The summed E-state index contributed by atoms with van der Waals surface area (Å²) in [7, 11) is 0. The molecule has 1 amide bonds. The van der Waals surface area contributed by atoms with Gasteiger partial charge in [0.2, 0.25) is 0 Å². The summed E-state index contributed by atoms with van der Waals surface area (Å²) in [5.41, 5.74) is 4.43. The van der Waals surface area contributed by atoms with E-state index in [0.29, 0.717) is 10.7 Å². The van der Waals surface area contributed by atoms with Gasteiger partial charge < -0.3 is 14.2 Å². The Balaban J connectivity index is 1.23. The van der Waals surface area contributed by atoms with E-state index in [1.54, 1.807) is 6.08 Å². The number of thioether (sulfide) groups is 1. The first kappa shape index (κ1) is 21.9. The maximum absolute atomic E-state index is 12.5. The number of aryl methyl sites for hydroxylation is 2. The number of amidine groups is 1. The molecule has 0 aliphatic carbocycles. The zero-order chi connectivity index (χ0) is 22.9. The molecule has 3 aromatic rings. The van der Waals surface area contributed by atoms with Gasteiger partial charge in [-0.05, 0) is 55.4 Å². The second-order valence-electron chi connectivity index (χ2n) is 8.29. The highest BCUT2D eigenvalue weighted by Crippen LogP contribution is 2.33. The van der Waals surface area contributed by atoms with Gasteiger partial charge in [-0.15, -0.1) is 0 Å². The molecule has 2 aliphatic heterocycles. The number of carbonyl (C=O) groups excluding carboxylic acids is 1. The molecule has 168 valence electrons. The highest BCUT2D eigenvalue weighted by atomic mass is 35.5. The maximum Gasteiger partial charge on any atom is 0.286 e. The monoisotopic (exact) mass is 477 g/mol. The van der Waals surface area contributed by atoms with Crippen LogP contribution in [-0.2, 0) is 4.79 Å². The molecule has 33 heavy (non-hydrogen) atoms. The molecule has 0 radical (unpaired) electrons. The highest BCUT2D eigenvalue weighted by molar-refractivity contribution is 8.18. The van der Waals surface area contributed by atoms with Crippen molar-refractivity contribution in [2.75, 3.05) is 31.1 Å². The summed E-state index contributed by atoms with van der Waals surface area (Å²) in [5, 5.41) is 1.55. The molecule has 0 spiro atoms. The normalized spacial score (nSPS) is 17.7. The topological polar surface area (TPSA) is 49.0 Å². The van der Waals surface area contributed by atoms with Crippen molar-refractivity contribution in [2.24, 2.45) is 4.99 Å². The van der Waals surface area contributed by atoms with Gasteiger partial charge in [0.25, 0.3) is 5.91 Å². The molecule has 0 saturated carbocycles. The van der Waals surface area contributed by atoms with Gasteiger partial charge in [0.05, 0.1) is 4.91 Å². The van der Waals surface area contributed by atoms with E-state index in [0.717, 1.165) is 58.9 Å². The van der Waals surface area contributed by atoms with Gasteiger partial charge in [-0.3, -0.25) is 4.79 Å². The van der Waals surface area contributed by atoms with Crippen LogP contribution in [0.2, 0.25) is 5.02 Å². The van der Waals surface area contributed by atoms with Crippen LogP contribution in [0.15, 0.2) is 68.9 Å². The lowest BCUT2D eigenvalue weighted by molar-refractivity contribution is -0.113. The number of furan rings is 1. The van der Waals surface area contributed by atoms with Gasteiger partial charge in [0.15, 0.2) is 5.17 Å². The summed E-state index contributed by atoms with van der Waals surface area (Å²) >= 11 is 7.71. The molecule has 1 aromatic heterocycles. The fourth-order valence-corrected chi connectivity index (χ4v) is 5.02. The molecular formula is C26H24ClN3O2S. The highest BCUT2D eigenvalue weighted by Gasteiger charge is 2.29. The number of anilines is 1. The van der Waals surface area contributed by atoms with Crippen molar-refractivity contribution in [1.82, 2.24) is 4.90 Å². The number of piperazine rings is 1.